The van der Waals surface area contributed by atoms with E-state index < -0.39 is 11.4 Å². The molecule has 1 saturated carbocycles. The second-order valence-corrected chi connectivity index (χ2v) is 7.40. The van der Waals surface area contributed by atoms with E-state index in [4.69, 9.17) is 4.52 Å². The Bertz CT molecular complexity index is 671. The van der Waals surface area contributed by atoms with E-state index in [-0.39, 0.29) is 17.7 Å². The summed E-state index contributed by atoms with van der Waals surface area (Å²) in [7, 11) is 0. The summed E-state index contributed by atoms with van der Waals surface area (Å²) >= 11 is 0. The van der Waals surface area contributed by atoms with Gasteiger partial charge in [0.15, 0.2) is 5.82 Å². The van der Waals surface area contributed by atoms with Gasteiger partial charge >= 0.3 is 5.97 Å². The van der Waals surface area contributed by atoms with Crippen LogP contribution in [0.4, 0.5) is 0 Å². The Kier molecular flexibility index (Phi) is 3.59. The molecule has 2 atom stereocenters. The summed E-state index contributed by atoms with van der Waals surface area (Å²) in [6, 6.07) is 0. The van der Waals surface area contributed by atoms with Gasteiger partial charge in [-0.15, -0.1) is 0 Å². The molecular formula is C16H22N4O4. The van der Waals surface area contributed by atoms with Gasteiger partial charge < -0.3 is 14.5 Å². The molecule has 0 aromatic carbocycles. The molecule has 1 aromatic heterocycles. The minimum Gasteiger partial charge on any atom is -0.481 e. The van der Waals surface area contributed by atoms with E-state index in [0.717, 1.165) is 19.3 Å². The van der Waals surface area contributed by atoms with Crippen molar-refractivity contribution in [2.75, 3.05) is 26.2 Å². The van der Waals surface area contributed by atoms with E-state index in [1.165, 1.54) is 0 Å². The number of fused-ring (bicyclic) bond motifs is 1. The molecule has 1 aliphatic carbocycles. The molecule has 8 nitrogen and oxygen atoms in total. The van der Waals surface area contributed by atoms with Crippen LogP contribution >= 0.6 is 0 Å². The van der Waals surface area contributed by atoms with Gasteiger partial charge in [0.05, 0.1) is 6.54 Å². The highest BCUT2D eigenvalue weighted by Gasteiger charge is 2.58. The van der Waals surface area contributed by atoms with Crippen LogP contribution in [0.3, 0.4) is 0 Å². The number of likely N-dealkylation sites (tertiary alicyclic amines) is 2. The maximum atomic E-state index is 12.5. The van der Waals surface area contributed by atoms with Crippen molar-refractivity contribution in [2.45, 2.75) is 32.7 Å². The van der Waals surface area contributed by atoms with Gasteiger partial charge in [0.2, 0.25) is 11.8 Å². The van der Waals surface area contributed by atoms with E-state index in [1.54, 1.807) is 11.8 Å². The lowest BCUT2D eigenvalue weighted by molar-refractivity contribution is -0.149. The topological polar surface area (TPSA) is 99.8 Å². The van der Waals surface area contributed by atoms with Crippen molar-refractivity contribution < 1.29 is 19.2 Å². The summed E-state index contributed by atoms with van der Waals surface area (Å²) in [4.78, 5) is 32.5. The third kappa shape index (κ3) is 2.40. The van der Waals surface area contributed by atoms with E-state index >= 15 is 0 Å². The molecule has 2 unspecified atom stereocenters. The third-order valence-corrected chi connectivity index (χ3v) is 5.81. The predicted molar refractivity (Wildman–Crippen MR) is 81.8 cm³/mol. The second-order valence-electron chi connectivity index (χ2n) is 7.40. The summed E-state index contributed by atoms with van der Waals surface area (Å²) in [5.41, 5.74) is -0.863. The molecule has 1 aromatic rings. The number of carbonyl (C=O) groups is 2. The van der Waals surface area contributed by atoms with E-state index in [9.17, 15) is 14.7 Å². The summed E-state index contributed by atoms with van der Waals surface area (Å²) in [5.74, 6) is 0.518. The number of nitrogens with zero attached hydrogens (tertiary/aromatic N) is 4. The molecule has 1 N–H and O–H groups in total. The molecule has 2 saturated heterocycles. The Labute approximate surface area is 139 Å². The lowest BCUT2D eigenvalue weighted by Crippen LogP contribution is -2.44. The Balaban J connectivity index is 1.46. The van der Waals surface area contributed by atoms with Crippen LogP contribution < -0.4 is 0 Å². The highest BCUT2D eigenvalue weighted by Crippen LogP contribution is 2.44. The molecule has 1 amide bonds. The zero-order valence-electron chi connectivity index (χ0n) is 13.8. The average molecular weight is 334 g/mol. The number of amides is 1. The van der Waals surface area contributed by atoms with Crippen LogP contribution in [0.15, 0.2) is 4.52 Å². The molecule has 3 aliphatic rings. The Morgan fingerprint density at radius 3 is 2.67 bits per heavy atom. The summed E-state index contributed by atoms with van der Waals surface area (Å²) in [6.45, 7) is 4.16. The normalized spacial score (nSPS) is 30.4. The number of aromatic nitrogens is 2. The van der Waals surface area contributed by atoms with Crippen LogP contribution in [0.2, 0.25) is 0 Å². The van der Waals surface area contributed by atoms with Crippen molar-refractivity contribution >= 4 is 11.9 Å². The van der Waals surface area contributed by atoms with Crippen molar-refractivity contribution in [1.29, 1.82) is 0 Å². The number of carboxylic acid groups (broad SMARTS) is 1. The third-order valence-electron chi connectivity index (χ3n) is 5.81. The summed E-state index contributed by atoms with van der Waals surface area (Å²) in [6.07, 6.45) is 3.00. The SMILES string of the molecule is Cc1nc(CN2CC3CN(C(=O)C4CCC4)CC3(C(=O)O)C2)no1. The molecule has 2 aliphatic heterocycles. The predicted octanol–water partition coefficient (Wildman–Crippen LogP) is 0.523. The fourth-order valence-corrected chi connectivity index (χ4v) is 4.28. The van der Waals surface area contributed by atoms with Crippen molar-refractivity contribution in [2.24, 2.45) is 17.3 Å². The lowest BCUT2D eigenvalue weighted by Gasteiger charge is -2.31. The van der Waals surface area contributed by atoms with Crippen LogP contribution in [-0.2, 0) is 16.1 Å². The largest absolute Gasteiger partial charge is 0.481 e. The summed E-state index contributed by atoms with van der Waals surface area (Å²) < 4.78 is 4.98. The van der Waals surface area contributed by atoms with Crippen LogP contribution in [0.1, 0.15) is 31.0 Å². The number of rotatable bonds is 4. The van der Waals surface area contributed by atoms with E-state index in [0.29, 0.717) is 44.4 Å². The second kappa shape index (κ2) is 5.54. The number of aliphatic carboxylic acids is 1. The van der Waals surface area contributed by atoms with Gasteiger partial charge in [0, 0.05) is 44.9 Å². The van der Waals surface area contributed by atoms with Crippen LogP contribution in [-0.4, -0.2) is 63.1 Å². The number of carboxylic acids is 1. The van der Waals surface area contributed by atoms with Crippen molar-refractivity contribution in [1.82, 2.24) is 19.9 Å². The molecule has 130 valence electrons. The molecule has 3 fully saturated rings. The molecule has 0 bridgehead atoms. The van der Waals surface area contributed by atoms with Gasteiger partial charge in [-0.2, -0.15) is 4.98 Å². The highest BCUT2D eigenvalue weighted by molar-refractivity contribution is 5.83. The monoisotopic (exact) mass is 334 g/mol. The standard InChI is InChI=1S/C16H22N4O4/c1-10-17-13(18-24-10)7-19-5-12-6-20(14(21)11-3-2-4-11)9-16(12,8-19)15(22)23/h11-12H,2-9H2,1H3,(H,22,23). The Morgan fingerprint density at radius 2 is 2.12 bits per heavy atom. The van der Waals surface area contributed by atoms with Crippen molar-refractivity contribution in [3.63, 3.8) is 0 Å². The molecule has 8 heteroatoms. The van der Waals surface area contributed by atoms with Gasteiger partial charge in [-0.3, -0.25) is 14.5 Å². The van der Waals surface area contributed by atoms with Crippen molar-refractivity contribution in [3.8, 4) is 0 Å². The lowest BCUT2D eigenvalue weighted by atomic mass is 9.81. The number of hydrogen-bond donors (Lipinski definition) is 1. The molecule has 0 spiro atoms. The maximum absolute atomic E-state index is 12.5. The van der Waals surface area contributed by atoms with Gasteiger partial charge in [0.25, 0.3) is 0 Å². The van der Waals surface area contributed by atoms with Crippen LogP contribution in [0.25, 0.3) is 0 Å². The first-order valence-corrected chi connectivity index (χ1v) is 8.52. The summed E-state index contributed by atoms with van der Waals surface area (Å²) in [5, 5.41) is 13.7. The average Bonchev–Trinajstić information content (AvgIpc) is 3.09. The minimum absolute atomic E-state index is 0.0352. The van der Waals surface area contributed by atoms with Gasteiger partial charge in [-0.05, 0) is 12.8 Å². The minimum atomic E-state index is -0.863. The molecular weight excluding hydrogens is 312 g/mol. The number of aryl methyl sites for hydroxylation is 1. The number of hydrogen-bond acceptors (Lipinski definition) is 6. The van der Waals surface area contributed by atoms with Crippen molar-refractivity contribution in [3.05, 3.63) is 11.7 Å². The fraction of sp³-hybridized carbons (Fsp3) is 0.750. The van der Waals surface area contributed by atoms with Gasteiger partial charge in [-0.1, -0.05) is 11.6 Å². The first-order chi connectivity index (χ1) is 11.5. The molecule has 0 radical (unpaired) electrons. The Morgan fingerprint density at radius 1 is 1.33 bits per heavy atom. The molecule has 4 rings (SSSR count). The van der Waals surface area contributed by atoms with Crippen LogP contribution in [0, 0.1) is 24.2 Å². The maximum Gasteiger partial charge on any atom is 0.313 e. The van der Waals surface area contributed by atoms with E-state index in [2.05, 4.69) is 15.0 Å². The zero-order chi connectivity index (χ0) is 16.9. The first kappa shape index (κ1) is 15.6. The zero-order valence-corrected chi connectivity index (χ0v) is 13.8. The molecule has 24 heavy (non-hydrogen) atoms. The van der Waals surface area contributed by atoms with Gasteiger partial charge in [0.1, 0.15) is 5.41 Å². The van der Waals surface area contributed by atoms with Gasteiger partial charge in [-0.25, -0.2) is 0 Å². The smallest absolute Gasteiger partial charge is 0.313 e. The fourth-order valence-electron chi connectivity index (χ4n) is 4.28. The molecule has 3 heterocycles. The number of carbonyl (C=O) groups excluding carboxylic acids is 1. The van der Waals surface area contributed by atoms with E-state index in [1.807, 2.05) is 0 Å². The first-order valence-electron chi connectivity index (χ1n) is 8.52. The Hall–Kier alpha value is -1.96. The highest BCUT2D eigenvalue weighted by atomic mass is 16.5. The quantitative estimate of drug-likeness (QED) is 0.857. The van der Waals surface area contributed by atoms with Crippen LogP contribution in [0.5, 0.6) is 0 Å².